The fourth-order valence-corrected chi connectivity index (χ4v) is 1.35. The van der Waals surface area contributed by atoms with Crippen LogP contribution in [0.3, 0.4) is 0 Å². The summed E-state index contributed by atoms with van der Waals surface area (Å²) in [4.78, 5) is 11.6. The second-order valence-electron chi connectivity index (χ2n) is 4.05. The number of nitrogens with zero attached hydrogens (tertiary/aromatic N) is 2. The molecule has 1 rings (SSSR count). The molecule has 0 fully saturated rings. The van der Waals surface area contributed by atoms with E-state index in [1.54, 1.807) is 7.11 Å². The lowest BCUT2D eigenvalue weighted by atomic mass is 10.1. The van der Waals surface area contributed by atoms with E-state index < -0.39 is 0 Å². The Morgan fingerprint density at radius 3 is 2.69 bits per heavy atom. The van der Waals surface area contributed by atoms with Crippen molar-refractivity contribution in [2.75, 3.05) is 7.11 Å². The van der Waals surface area contributed by atoms with Crippen LogP contribution in [0.4, 0.5) is 0 Å². The third-order valence-electron chi connectivity index (χ3n) is 2.42. The zero-order valence-electron chi connectivity index (χ0n) is 9.46. The molecule has 1 aromatic heterocycles. The second kappa shape index (κ2) is 5.17. The predicted molar refractivity (Wildman–Crippen MR) is 64.2 cm³/mol. The van der Waals surface area contributed by atoms with Gasteiger partial charge in [-0.25, -0.2) is 4.68 Å². The Labute approximate surface area is 104 Å². The first-order valence-electron chi connectivity index (χ1n) is 4.83. The van der Waals surface area contributed by atoms with Gasteiger partial charge in [-0.15, -0.1) is 0 Å². The normalized spacial score (nSPS) is 11.8. The molecule has 0 aromatic carbocycles. The summed E-state index contributed by atoms with van der Waals surface area (Å²) in [6.45, 7) is 4.32. The van der Waals surface area contributed by atoms with Crippen LogP contribution in [-0.4, -0.2) is 22.5 Å². The Bertz CT molecular complexity index is 429. The van der Waals surface area contributed by atoms with E-state index in [9.17, 15) is 4.79 Å². The number of hydrogen-bond acceptors (Lipinski definition) is 3. The van der Waals surface area contributed by atoms with Gasteiger partial charge >= 0.3 is 0 Å². The Kier molecular flexibility index (Phi) is 4.35. The van der Waals surface area contributed by atoms with Crippen molar-refractivity contribution < 1.29 is 4.74 Å². The van der Waals surface area contributed by atoms with Crippen molar-refractivity contribution in [1.82, 2.24) is 9.78 Å². The van der Waals surface area contributed by atoms with E-state index >= 15 is 0 Å². The van der Waals surface area contributed by atoms with Crippen molar-refractivity contribution in [2.24, 2.45) is 0 Å². The summed E-state index contributed by atoms with van der Waals surface area (Å²) in [6.07, 6.45) is 2.03. The molecule has 0 aliphatic carbocycles. The van der Waals surface area contributed by atoms with Gasteiger partial charge in [0.1, 0.15) is 5.02 Å². The molecule has 0 spiro atoms. The molecule has 0 aliphatic rings. The van der Waals surface area contributed by atoms with Crippen LogP contribution < -0.4 is 5.56 Å². The molecule has 0 radical (unpaired) electrons. The summed E-state index contributed by atoms with van der Waals surface area (Å²) in [5.74, 6) is 0. The van der Waals surface area contributed by atoms with Crippen LogP contribution >= 0.6 is 23.2 Å². The minimum atomic E-state index is -0.374. The molecule has 0 bridgehead atoms. The number of aryl methyl sites for hydroxylation is 1. The van der Waals surface area contributed by atoms with Crippen molar-refractivity contribution in [3.05, 3.63) is 26.6 Å². The van der Waals surface area contributed by atoms with E-state index in [4.69, 9.17) is 27.9 Å². The van der Waals surface area contributed by atoms with E-state index in [-0.39, 0.29) is 21.2 Å². The van der Waals surface area contributed by atoms with Crippen molar-refractivity contribution in [2.45, 2.75) is 32.4 Å². The molecule has 0 unspecified atom stereocenters. The molecule has 4 nitrogen and oxygen atoms in total. The minimum Gasteiger partial charge on any atom is -0.379 e. The van der Waals surface area contributed by atoms with Gasteiger partial charge in [0.15, 0.2) is 0 Å². The van der Waals surface area contributed by atoms with Gasteiger partial charge < -0.3 is 4.74 Å². The van der Waals surface area contributed by atoms with E-state index in [0.717, 1.165) is 0 Å². The number of aromatic nitrogens is 2. The van der Waals surface area contributed by atoms with Crippen LogP contribution in [0.15, 0.2) is 11.0 Å². The number of ether oxygens (including phenoxy) is 1. The van der Waals surface area contributed by atoms with Crippen molar-refractivity contribution in [3.63, 3.8) is 0 Å². The maximum atomic E-state index is 11.6. The Balaban J connectivity index is 2.84. The van der Waals surface area contributed by atoms with Gasteiger partial charge in [-0.2, -0.15) is 5.10 Å². The average Bonchev–Trinajstić information content (AvgIpc) is 2.25. The zero-order valence-corrected chi connectivity index (χ0v) is 11.0. The fraction of sp³-hybridized carbons (Fsp3) is 0.600. The van der Waals surface area contributed by atoms with Crippen LogP contribution in [0.25, 0.3) is 0 Å². The van der Waals surface area contributed by atoms with Crippen molar-refractivity contribution >= 4 is 23.2 Å². The quantitative estimate of drug-likeness (QED) is 0.839. The lowest BCUT2D eigenvalue weighted by molar-refractivity contribution is 0.0110. The maximum absolute atomic E-state index is 11.6. The summed E-state index contributed by atoms with van der Waals surface area (Å²) in [6, 6.07) is 0. The van der Waals surface area contributed by atoms with Gasteiger partial charge in [0, 0.05) is 13.7 Å². The first-order valence-corrected chi connectivity index (χ1v) is 5.59. The van der Waals surface area contributed by atoms with Crippen LogP contribution in [0.2, 0.25) is 10.0 Å². The van der Waals surface area contributed by atoms with Gasteiger partial charge in [-0.1, -0.05) is 23.2 Å². The van der Waals surface area contributed by atoms with Gasteiger partial charge in [-0.05, 0) is 20.3 Å². The molecule has 0 atom stereocenters. The fourth-order valence-electron chi connectivity index (χ4n) is 1.08. The van der Waals surface area contributed by atoms with Crippen LogP contribution in [0, 0.1) is 0 Å². The summed E-state index contributed by atoms with van der Waals surface area (Å²) in [5.41, 5.74) is -0.672. The molecule has 0 amide bonds. The average molecular weight is 265 g/mol. The highest BCUT2D eigenvalue weighted by atomic mass is 35.5. The summed E-state index contributed by atoms with van der Waals surface area (Å²) < 4.78 is 6.54. The maximum Gasteiger partial charge on any atom is 0.287 e. The number of halogens is 2. The molecule has 0 saturated heterocycles. The third-order valence-corrected chi connectivity index (χ3v) is 3.17. The lowest BCUT2D eigenvalue weighted by Crippen LogP contribution is -2.29. The summed E-state index contributed by atoms with van der Waals surface area (Å²) in [7, 11) is 1.63. The van der Waals surface area contributed by atoms with Gasteiger partial charge in [0.25, 0.3) is 5.56 Å². The monoisotopic (exact) mass is 264 g/mol. The molecule has 0 N–H and O–H groups in total. The number of hydrogen-bond donors (Lipinski definition) is 0. The standard InChI is InChI=1S/C10H14Cl2N2O2/c1-10(2,16-3)4-5-14-9(15)8(12)7(11)6-13-14/h6H,4-5H2,1-3H3. The molecule has 0 saturated carbocycles. The first-order chi connectivity index (χ1) is 7.37. The molecular formula is C10H14Cl2N2O2. The smallest absolute Gasteiger partial charge is 0.287 e. The Morgan fingerprint density at radius 1 is 1.50 bits per heavy atom. The van der Waals surface area contributed by atoms with Crippen molar-refractivity contribution in [3.8, 4) is 0 Å². The first kappa shape index (κ1) is 13.5. The van der Waals surface area contributed by atoms with Crippen LogP contribution in [-0.2, 0) is 11.3 Å². The summed E-state index contributed by atoms with van der Waals surface area (Å²) >= 11 is 11.4. The topological polar surface area (TPSA) is 44.1 Å². The largest absolute Gasteiger partial charge is 0.379 e. The van der Waals surface area contributed by atoms with Gasteiger partial charge in [0.05, 0.1) is 16.8 Å². The lowest BCUT2D eigenvalue weighted by Gasteiger charge is -2.22. The predicted octanol–water partition coefficient (Wildman–Crippen LogP) is 2.37. The molecular weight excluding hydrogens is 251 g/mol. The molecule has 6 heteroatoms. The molecule has 1 aromatic rings. The minimum absolute atomic E-state index is 0.00638. The Morgan fingerprint density at radius 2 is 2.12 bits per heavy atom. The van der Waals surface area contributed by atoms with Gasteiger partial charge in [0.2, 0.25) is 0 Å². The van der Waals surface area contributed by atoms with E-state index in [1.165, 1.54) is 10.9 Å². The van der Waals surface area contributed by atoms with Gasteiger partial charge in [-0.3, -0.25) is 4.79 Å². The van der Waals surface area contributed by atoms with E-state index in [2.05, 4.69) is 5.10 Å². The zero-order chi connectivity index (χ0) is 12.3. The highest BCUT2D eigenvalue weighted by molar-refractivity contribution is 6.41. The second-order valence-corrected chi connectivity index (χ2v) is 4.83. The molecule has 0 aliphatic heterocycles. The van der Waals surface area contributed by atoms with E-state index in [1.807, 2.05) is 13.8 Å². The molecule has 90 valence electrons. The number of rotatable bonds is 4. The highest BCUT2D eigenvalue weighted by Crippen LogP contribution is 2.16. The summed E-state index contributed by atoms with van der Waals surface area (Å²) in [5, 5.41) is 4.09. The van der Waals surface area contributed by atoms with Crippen LogP contribution in [0.5, 0.6) is 0 Å². The van der Waals surface area contributed by atoms with Crippen LogP contribution in [0.1, 0.15) is 20.3 Å². The number of methoxy groups -OCH3 is 1. The third kappa shape index (κ3) is 3.20. The molecule has 1 heterocycles. The Hall–Kier alpha value is -0.580. The molecule has 16 heavy (non-hydrogen) atoms. The SMILES string of the molecule is COC(C)(C)CCn1ncc(Cl)c(Cl)c1=O. The van der Waals surface area contributed by atoms with Crippen molar-refractivity contribution in [1.29, 1.82) is 0 Å². The highest BCUT2D eigenvalue weighted by Gasteiger charge is 2.17. The van der Waals surface area contributed by atoms with E-state index in [0.29, 0.717) is 13.0 Å².